The third-order valence-electron chi connectivity index (χ3n) is 11.1. The van der Waals surface area contributed by atoms with Crippen molar-refractivity contribution in [2.45, 2.75) is 92.3 Å². The van der Waals surface area contributed by atoms with E-state index in [9.17, 15) is 6.48 Å². The van der Waals surface area contributed by atoms with Crippen LogP contribution in [0.25, 0.3) is 72.7 Å². The Labute approximate surface area is 370 Å². The van der Waals surface area contributed by atoms with Gasteiger partial charge in [-0.05, 0) is 123 Å². The highest BCUT2D eigenvalue weighted by Crippen LogP contribution is 2.45. The first-order valence-corrected chi connectivity index (χ1v) is 20.3. The number of hydrogen-bond acceptors (Lipinski definition) is 3. The Hall–Kier alpha value is -6.26. The monoisotopic (exact) mass is 798 g/mol. The predicted octanol–water partition coefficient (Wildman–Crippen LogP) is 15.0. The van der Waals surface area contributed by atoms with Crippen LogP contribution in [-0.4, -0.2) is 19.6 Å². The molecular weight excluding hydrogens is 731 g/mol. The fourth-order valence-corrected chi connectivity index (χ4v) is 7.68. The van der Waals surface area contributed by atoms with Gasteiger partial charge in [-0.15, -0.1) is 0 Å². The lowest BCUT2D eigenvalue weighted by molar-refractivity contribution is 0.446. The van der Waals surface area contributed by atoms with Gasteiger partial charge in [0.05, 0.1) is 31.9 Å². The van der Waals surface area contributed by atoms with Crippen LogP contribution < -0.4 is 0 Å². The van der Waals surface area contributed by atoms with Crippen molar-refractivity contribution in [2.24, 2.45) is 0 Å². The fraction of sp³-hybridized carbons (Fsp3) is 0.250. The maximum Gasteiger partial charge on any atom is 0.149 e. The molecule has 2 aromatic heterocycles. The van der Waals surface area contributed by atoms with Gasteiger partial charge in [0.2, 0.25) is 0 Å². The molecule has 2 heterocycles. The topological polar surface area (TPSA) is 50.9 Å². The maximum atomic E-state index is 12.4. The molecule has 0 aliphatic heterocycles. The van der Waals surface area contributed by atoms with E-state index in [1.807, 2.05) is 81.4 Å². The van der Waals surface area contributed by atoms with Gasteiger partial charge in [-0.25, -0.2) is 4.98 Å². The molecule has 8 rings (SSSR count). The van der Waals surface area contributed by atoms with E-state index < -0.39 is 71.2 Å². The Morgan fingerprint density at radius 2 is 1.30 bits per heavy atom. The van der Waals surface area contributed by atoms with Gasteiger partial charge in [-0.2, -0.15) is 0 Å². The van der Waals surface area contributed by atoms with E-state index in [4.69, 9.17) is 17.3 Å². The number of nitrogens with zero attached hydrogens (tertiary/aromatic N) is 3. The maximum absolute atomic E-state index is 12.4. The van der Waals surface area contributed by atoms with Crippen LogP contribution >= 0.6 is 0 Å². The Morgan fingerprint density at radius 3 is 1.97 bits per heavy atom. The molecule has 0 amide bonds. The number of imidazole rings is 1. The molecule has 6 aromatic carbocycles. The minimum atomic E-state index is -2.96. The molecule has 0 saturated carbocycles. The quantitative estimate of drug-likeness (QED) is 0.182. The molecule has 0 unspecified atom stereocenters. The molecule has 0 atom stereocenters. The summed E-state index contributed by atoms with van der Waals surface area (Å²) in [5.74, 6) is 0.668. The van der Waals surface area contributed by atoms with Crippen molar-refractivity contribution < 1.29 is 18.8 Å². The molecule has 0 bridgehead atoms. The number of aromatic hydroxyl groups is 1. The number of phenols is 1. The summed E-state index contributed by atoms with van der Waals surface area (Å²) < 4.78 is 88.0. The average molecular weight is 798 g/mol. The molecule has 1 N–H and O–H groups in total. The number of benzene rings is 6. The minimum Gasteiger partial charge on any atom is -0.507 e. The first-order chi connectivity index (χ1) is 32.5. The van der Waals surface area contributed by atoms with Gasteiger partial charge in [-0.1, -0.05) is 153 Å². The molecule has 0 fully saturated rings. The predicted molar refractivity (Wildman–Crippen MR) is 253 cm³/mol. The zero-order chi connectivity index (χ0) is 51.3. The molecule has 8 aromatic rings. The van der Waals surface area contributed by atoms with E-state index in [0.29, 0.717) is 28.0 Å². The van der Waals surface area contributed by atoms with Crippen LogP contribution in [0.15, 0.2) is 139 Å². The molecule has 0 radical (unpaired) electrons. The number of phenolic OH excluding ortho intramolecular Hbond substituents is 1. The summed E-state index contributed by atoms with van der Waals surface area (Å²) in [5, 5.41) is 12.4. The summed E-state index contributed by atoms with van der Waals surface area (Å²) in [5.41, 5.74) is 7.71. The minimum absolute atomic E-state index is 0.0360. The summed E-state index contributed by atoms with van der Waals surface area (Å²) in [6.07, 6.45) is -0.563. The normalized spacial score (nSPS) is 14.9. The lowest BCUT2D eigenvalue weighted by Crippen LogP contribution is -2.17. The van der Waals surface area contributed by atoms with Crippen LogP contribution in [0, 0.1) is 13.8 Å². The highest BCUT2D eigenvalue weighted by molar-refractivity contribution is 5.97. The number of pyridine rings is 1. The Morgan fingerprint density at radius 1 is 0.600 bits per heavy atom. The van der Waals surface area contributed by atoms with Gasteiger partial charge >= 0.3 is 0 Å². The van der Waals surface area contributed by atoms with Gasteiger partial charge in [0.25, 0.3) is 0 Å². The first kappa shape index (κ1) is 29.9. The Balaban J connectivity index is 1.43. The number of aromatic nitrogens is 3. The highest BCUT2D eigenvalue weighted by atomic mass is 16.3. The van der Waals surface area contributed by atoms with Crippen LogP contribution in [0.5, 0.6) is 5.75 Å². The lowest BCUT2D eigenvalue weighted by Gasteiger charge is -2.27. The first-order valence-electron chi connectivity index (χ1n) is 25.3. The van der Waals surface area contributed by atoms with E-state index in [-0.39, 0.29) is 22.4 Å². The van der Waals surface area contributed by atoms with Gasteiger partial charge in [0.1, 0.15) is 11.6 Å². The van der Waals surface area contributed by atoms with E-state index in [1.54, 1.807) is 0 Å². The molecule has 60 heavy (non-hydrogen) atoms. The van der Waals surface area contributed by atoms with Gasteiger partial charge in [0, 0.05) is 32.7 Å². The second kappa shape index (κ2) is 15.1. The number of fused-ring (bicyclic) bond motifs is 1. The summed E-state index contributed by atoms with van der Waals surface area (Å²) in [7, 11) is 0. The van der Waals surface area contributed by atoms with E-state index in [1.165, 1.54) is 0 Å². The SMILES string of the molecule is [2H]c1nc(-c2cc(-c3cccc4c3nc(-c3cc(C(C)(C)C)cc(C(C)(C)C)c3O)n4-c3ccc(-c4ccccc4)c(C)c3)cc(C(C)(C)C)c2)c([2H])c(-c2c([2H])c([2H])c(C([2H])([2H])[2H])c([2H])c2[2H])c1[2H]. The summed E-state index contributed by atoms with van der Waals surface area (Å²) in [4.78, 5) is 9.93. The van der Waals surface area contributed by atoms with Crippen molar-refractivity contribution in [1.82, 2.24) is 14.5 Å². The number of para-hydroxylation sites is 1. The number of aryl methyl sites for hydroxylation is 1. The summed E-state index contributed by atoms with van der Waals surface area (Å²) >= 11 is 0. The zero-order valence-electron chi connectivity index (χ0n) is 46.0. The number of rotatable bonds is 6. The third kappa shape index (κ3) is 7.79. The fourth-order valence-electron chi connectivity index (χ4n) is 7.68. The molecule has 0 aliphatic carbocycles. The third-order valence-corrected chi connectivity index (χ3v) is 11.1. The second-order valence-corrected chi connectivity index (χ2v) is 18.7. The second-order valence-electron chi connectivity index (χ2n) is 18.7. The van der Waals surface area contributed by atoms with Crippen molar-refractivity contribution in [3.63, 3.8) is 0 Å². The van der Waals surface area contributed by atoms with Gasteiger partial charge in [-0.3, -0.25) is 9.55 Å². The van der Waals surface area contributed by atoms with E-state index in [0.717, 1.165) is 50.1 Å². The van der Waals surface area contributed by atoms with Crippen LogP contribution in [0.4, 0.5) is 0 Å². The number of hydrogen-bond donors (Lipinski definition) is 1. The van der Waals surface area contributed by atoms with Gasteiger partial charge in [0.15, 0.2) is 0 Å². The molecule has 302 valence electrons. The average Bonchev–Trinajstić information content (AvgIpc) is 3.66. The highest BCUT2D eigenvalue weighted by Gasteiger charge is 2.29. The standard InChI is InChI=1S/C56H57N3O/c1-35-20-22-37(23-21-35)39-26-27-57-49(32-39)41-29-40(30-42(31-41)54(3,4)5)46-18-15-19-50-51(46)58-53(47-33-43(55(6,7)8)34-48(52(47)60)56(9,10)11)59(50)44-24-25-45(36(2)28-44)38-16-13-12-14-17-38/h12-34,60H,1-11H3/i1D3,20D,21D,22D,23D,26D,27D,32D. The Kier molecular flexibility index (Phi) is 7.51. The molecule has 0 saturated heterocycles. The van der Waals surface area contributed by atoms with Crippen molar-refractivity contribution >= 4 is 11.0 Å². The van der Waals surface area contributed by atoms with E-state index in [2.05, 4.69) is 94.4 Å². The van der Waals surface area contributed by atoms with Crippen molar-refractivity contribution in [3.8, 4) is 67.5 Å². The zero-order valence-corrected chi connectivity index (χ0v) is 36.0. The molecule has 0 aliphatic rings. The molecule has 0 spiro atoms. The van der Waals surface area contributed by atoms with Crippen LogP contribution in [0.2, 0.25) is 0 Å². The van der Waals surface area contributed by atoms with Crippen molar-refractivity contribution in [1.29, 1.82) is 0 Å². The van der Waals surface area contributed by atoms with E-state index >= 15 is 0 Å². The van der Waals surface area contributed by atoms with Crippen LogP contribution in [0.1, 0.15) is 104 Å². The molecule has 4 nitrogen and oxygen atoms in total. The summed E-state index contributed by atoms with van der Waals surface area (Å²) in [6, 6.07) is 28.2. The summed E-state index contributed by atoms with van der Waals surface area (Å²) in [6.45, 7) is 18.0. The molecular formula is C56H57N3O. The Bertz CT molecular complexity index is 3380. The van der Waals surface area contributed by atoms with Crippen molar-refractivity contribution in [2.75, 3.05) is 0 Å². The van der Waals surface area contributed by atoms with Gasteiger partial charge < -0.3 is 5.11 Å². The lowest BCUT2D eigenvalue weighted by atomic mass is 9.79. The van der Waals surface area contributed by atoms with Crippen molar-refractivity contribution in [3.05, 3.63) is 167 Å². The smallest absolute Gasteiger partial charge is 0.149 e. The van der Waals surface area contributed by atoms with Crippen LogP contribution in [0.3, 0.4) is 0 Å². The largest absolute Gasteiger partial charge is 0.507 e. The van der Waals surface area contributed by atoms with Crippen LogP contribution in [-0.2, 0) is 16.2 Å². The molecule has 4 heteroatoms.